The lowest BCUT2D eigenvalue weighted by Gasteiger charge is -2.30. The standard InChI is InChI=1S/C15H24N2O4/c1-4-15(5-2,11-18)10-16-12-7-8-13(17(19)20)14(9-12)21-6-3/h7-9,16,18H,4-6,10-11H2,1-3H3. The Kier molecular flexibility index (Phi) is 6.42. The second-order valence-corrected chi connectivity index (χ2v) is 5.09. The SMILES string of the molecule is CCOc1cc(NCC(CC)(CC)CO)ccc1[N+](=O)[O-]. The first-order valence-electron chi connectivity index (χ1n) is 7.27. The molecular formula is C15H24N2O4. The van der Waals surface area contributed by atoms with Crippen LogP contribution in [0.4, 0.5) is 11.4 Å². The summed E-state index contributed by atoms with van der Waals surface area (Å²) in [5.74, 6) is 0.259. The summed E-state index contributed by atoms with van der Waals surface area (Å²) in [5.41, 5.74) is 0.540. The Labute approximate surface area is 125 Å². The molecule has 2 N–H and O–H groups in total. The number of benzene rings is 1. The molecule has 0 radical (unpaired) electrons. The monoisotopic (exact) mass is 296 g/mol. The largest absolute Gasteiger partial charge is 0.487 e. The second kappa shape index (κ2) is 7.83. The Hall–Kier alpha value is -1.82. The van der Waals surface area contributed by atoms with Crippen molar-refractivity contribution in [3.8, 4) is 5.75 Å². The molecule has 0 aliphatic rings. The first-order valence-corrected chi connectivity index (χ1v) is 7.27. The number of hydrogen-bond acceptors (Lipinski definition) is 5. The summed E-state index contributed by atoms with van der Waals surface area (Å²) < 4.78 is 5.32. The third kappa shape index (κ3) is 4.32. The number of hydrogen-bond donors (Lipinski definition) is 2. The van der Waals surface area contributed by atoms with Crippen molar-refractivity contribution in [2.24, 2.45) is 5.41 Å². The minimum atomic E-state index is -0.453. The van der Waals surface area contributed by atoms with Crippen molar-refractivity contribution in [3.05, 3.63) is 28.3 Å². The topological polar surface area (TPSA) is 84.6 Å². The molecule has 0 amide bonds. The lowest BCUT2D eigenvalue weighted by atomic mass is 9.83. The fourth-order valence-electron chi connectivity index (χ4n) is 2.12. The van der Waals surface area contributed by atoms with Gasteiger partial charge in [-0.3, -0.25) is 10.1 Å². The smallest absolute Gasteiger partial charge is 0.311 e. The first kappa shape index (κ1) is 17.2. The summed E-state index contributed by atoms with van der Waals surface area (Å²) in [7, 11) is 0. The van der Waals surface area contributed by atoms with Gasteiger partial charge in [-0.25, -0.2) is 0 Å². The first-order chi connectivity index (χ1) is 10.0. The van der Waals surface area contributed by atoms with Gasteiger partial charge in [0.05, 0.1) is 18.1 Å². The van der Waals surface area contributed by atoms with E-state index in [-0.39, 0.29) is 23.5 Å². The van der Waals surface area contributed by atoms with E-state index in [1.165, 1.54) is 6.07 Å². The fraction of sp³-hybridized carbons (Fsp3) is 0.600. The summed E-state index contributed by atoms with van der Waals surface area (Å²) in [4.78, 5) is 10.5. The van der Waals surface area contributed by atoms with Gasteiger partial charge in [-0.15, -0.1) is 0 Å². The van der Waals surface area contributed by atoms with Crippen LogP contribution in [0, 0.1) is 15.5 Å². The summed E-state index contributed by atoms with van der Waals surface area (Å²) in [6, 6.07) is 4.73. The highest BCUT2D eigenvalue weighted by Gasteiger charge is 2.25. The molecule has 0 heterocycles. The van der Waals surface area contributed by atoms with Crippen LogP contribution >= 0.6 is 0 Å². The van der Waals surface area contributed by atoms with Crippen LogP contribution in [0.1, 0.15) is 33.6 Å². The molecule has 0 spiro atoms. The highest BCUT2D eigenvalue weighted by molar-refractivity contribution is 5.58. The number of aliphatic hydroxyl groups is 1. The highest BCUT2D eigenvalue weighted by Crippen LogP contribution is 2.31. The average molecular weight is 296 g/mol. The van der Waals surface area contributed by atoms with E-state index in [4.69, 9.17) is 4.74 Å². The second-order valence-electron chi connectivity index (χ2n) is 5.09. The summed E-state index contributed by atoms with van der Waals surface area (Å²) in [5, 5.41) is 23.7. The number of aliphatic hydroxyl groups excluding tert-OH is 1. The summed E-state index contributed by atoms with van der Waals surface area (Å²) in [6.45, 7) is 6.97. The molecule has 1 aromatic rings. The number of nitrogens with one attached hydrogen (secondary N) is 1. The third-order valence-electron chi connectivity index (χ3n) is 3.96. The molecule has 0 aliphatic heterocycles. The molecule has 6 nitrogen and oxygen atoms in total. The normalized spacial score (nSPS) is 11.2. The van der Waals surface area contributed by atoms with E-state index in [1.807, 2.05) is 13.8 Å². The number of nitro benzene ring substituents is 1. The Morgan fingerprint density at radius 2 is 2.00 bits per heavy atom. The molecule has 0 bridgehead atoms. The van der Waals surface area contributed by atoms with E-state index in [0.29, 0.717) is 13.2 Å². The van der Waals surface area contributed by atoms with Crippen LogP contribution in [0.15, 0.2) is 18.2 Å². The van der Waals surface area contributed by atoms with Crippen molar-refractivity contribution in [2.45, 2.75) is 33.6 Å². The van der Waals surface area contributed by atoms with Gasteiger partial charge in [0.1, 0.15) is 0 Å². The molecule has 0 saturated carbocycles. The Morgan fingerprint density at radius 1 is 1.33 bits per heavy atom. The van der Waals surface area contributed by atoms with Gasteiger partial charge in [0.25, 0.3) is 0 Å². The zero-order valence-electron chi connectivity index (χ0n) is 12.9. The maximum atomic E-state index is 10.9. The lowest BCUT2D eigenvalue weighted by Crippen LogP contribution is -2.32. The molecule has 0 aromatic heterocycles. The zero-order chi connectivity index (χ0) is 15.9. The van der Waals surface area contributed by atoms with E-state index < -0.39 is 4.92 Å². The molecular weight excluding hydrogens is 272 g/mol. The number of ether oxygens (including phenoxy) is 1. The maximum Gasteiger partial charge on any atom is 0.311 e. The van der Waals surface area contributed by atoms with Gasteiger partial charge in [-0.2, -0.15) is 0 Å². The molecule has 0 unspecified atom stereocenters. The average Bonchev–Trinajstić information content (AvgIpc) is 2.49. The van der Waals surface area contributed by atoms with Crippen LogP contribution < -0.4 is 10.1 Å². The van der Waals surface area contributed by atoms with Gasteiger partial charge in [0.15, 0.2) is 5.75 Å². The Morgan fingerprint density at radius 3 is 2.48 bits per heavy atom. The van der Waals surface area contributed by atoms with Crippen molar-refractivity contribution in [3.63, 3.8) is 0 Å². The van der Waals surface area contributed by atoms with E-state index in [0.717, 1.165) is 18.5 Å². The van der Waals surface area contributed by atoms with Crippen molar-refractivity contribution >= 4 is 11.4 Å². The van der Waals surface area contributed by atoms with E-state index in [1.54, 1.807) is 19.1 Å². The van der Waals surface area contributed by atoms with Gasteiger partial charge < -0.3 is 15.2 Å². The molecule has 1 rings (SSSR count). The van der Waals surface area contributed by atoms with Crippen LogP contribution in [0.2, 0.25) is 0 Å². The van der Waals surface area contributed by atoms with Crippen molar-refractivity contribution < 1.29 is 14.8 Å². The predicted molar refractivity (Wildman–Crippen MR) is 82.9 cm³/mol. The third-order valence-corrected chi connectivity index (χ3v) is 3.96. The molecule has 118 valence electrons. The van der Waals surface area contributed by atoms with Crippen LogP contribution in [0.25, 0.3) is 0 Å². The van der Waals surface area contributed by atoms with Gasteiger partial charge in [-0.05, 0) is 25.8 Å². The zero-order valence-corrected chi connectivity index (χ0v) is 12.9. The van der Waals surface area contributed by atoms with Crippen molar-refractivity contribution in [2.75, 3.05) is 25.1 Å². The van der Waals surface area contributed by atoms with Gasteiger partial charge in [-0.1, -0.05) is 13.8 Å². The number of rotatable bonds is 9. The fourth-order valence-corrected chi connectivity index (χ4v) is 2.12. The number of anilines is 1. The van der Waals surface area contributed by atoms with Crippen molar-refractivity contribution in [1.82, 2.24) is 0 Å². The van der Waals surface area contributed by atoms with Crippen LogP contribution in [-0.4, -0.2) is 29.8 Å². The van der Waals surface area contributed by atoms with Gasteiger partial charge in [0.2, 0.25) is 0 Å². The number of nitrogens with zero attached hydrogens (tertiary/aromatic N) is 1. The minimum absolute atomic E-state index is 0.0400. The van der Waals surface area contributed by atoms with E-state index >= 15 is 0 Å². The lowest BCUT2D eigenvalue weighted by molar-refractivity contribution is -0.385. The molecule has 6 heteroatoms. The maximum absolute atomic E-state index is 10.9. The summed E-state index contributed by atoms with van der Waals surface area (Å²) >= 11 is 0. The highest BCUT2D eigenvalue weighted by atomic mass is 16.6. The predicted octanol–water partition coefficient (Wildman–Crippen LogP) is 3.20. The van der Waals surface area contributed by atoms with Gasteiger partial charge >= 0.3 is 5.69 Å². The quantitative estimate of drug-likeness (QED) is 0.540. The van der Waals surface area contributed by atoms with Crippen LogP contribution in [0.5, 0.6) is 5.75 Å². The van der Waals surface area contributed by atoms with E-state index in [2.05, 4.69) is 5.32 Å². The molecule has 1 aromatic carbocycles. The molecule has 21 heavy (non-hydrogen) atoms. The van der Waals surface area contributed by atoms with E-state index in [9.17, 15) is 15.2 Å². The van der Waals surface area contributed by atoms with Crippen molar-refractivity contribution in [1.29, 1.82) is 0 Å². The Bertz CT molecular complexity index is 464. The molecule has 0 aliphatic carbocycles. The molecule has 0 saturated heterocycles. The van der Waals surface area contributed by atoms with Crippen LogP contribution in [-0.2, 0) is 0 Å². The number of nitro groups is 1. The van der Waals surface area contributed by atoms with Gasteiger partial charge in [0, 0.05) is 29.8 Å². The van der Waals surface area contributed by atoms with Crippen LogP contribution in [0.3, 0.4) is 0 Å². The molecule has 0 fully saturated rings. The minimum Gasteiger partial charge on any atom is -0.487 e. The Balaban J connectivity index is 2.89. The molecule has 0 atom stereocenters. The summed E-state index contributed by atoms with van der Waals surface area (Å²) in [6.07, 6.45) is 1.72.